The van der Waals surface area contributed by atoms with Gasteiger partial charge >= 0.3 is 0 Å². The molecule has 2 atom stereocenters. The van der Waals surface area contributed by atoms with Gasteiger partial charge in [0.2, 0.25) is 5.91 Å². The van der Waals surface area contributed by atoms with E-state index in [-0.39, 0.29) is 35.5 Å². The topological polar surface area (TPSA) is 62.6 Å². The molecule has 1 aliphatic heterocycles. The van der Waals surface area contributed by atoms with E-state index in [1.165, 1.54) is 18.6 Å². The van der Waals surface area contributed by atoms with Crippen molar-refractivity contribution in [2.45, 2.75) is 31.2 Å². The van der Waals surface area contributed by atoms with Crippen LogP contribution in [-0.2, 0) is 4.79 Å². The van der Waals surface area contributed by atoms with Gasteiger partial charge in [-0.15, -0.1) is 0 Å². The molecular weight excluding hydrogens is 335 g/mol. The number of amides is 2. The van der Waals surface area contributed by atoms with Crippen LogP contribution in [0.3, 0.4) is 0 Å². The summed E-state index contributed by atoms with van der Waals surface area (Å²) >= 11 is 0. The van der Waals surface area contributed by atoms with Crippen molar-refractivity contribution in [2.24, 2.45) is 5.92 Å². The Morgan fingerprint density at radius 1 is 1.15 bits per heavy atom. The first-order chi connectivity index (χ1) is 12.6. The number of nitrogens with one attached hydrogen (secondary N) is 1. The number of hydrogen-bond acceptors (Lipinski definition) is 3. The number of rotatable bonds is 4. The average Bonchev–Trinajstić information content (AvgIpc) is 3.26. The smallest absolute Gasteiger partial charge is 0.257 e. The summed E-state index contributed by atoms with van der Waals surface area (Å²) in [6, 6.07) is 8.39. The van der Waals surface area contributed by atoms with E-state index in [2.05, 4.69) is 5.32 Å². The molecule has 1 aromatic carbocycles. The zero-order valence-corrected chi connectivity index (χ0v) is 14.4. The van der Waals surface area contributed by atoms with E-state index in [9.17, 15) is 14.0 Å². The van der Waals surface area contributed by atoms with E-state index in [0.29, 0.717) is 30.6 Å². The third-order valence-corrected chi connectivity index (χ3v) is 5.33. The van der Waals surface area contributed by atoms with Crippen LogP contribution in [0.25, 0.3) is 0 Å². The van der Waals surface area contributed by atoms with Crippen LogP contribution in [0.5, 0.6) is 0 Å². The second-order valence-corrected chi connectivity index (χ2v) is 7.06. The molecule has 2 aliphatic rings. The van der Waals surface area contributed by atoms with Crippen molar-refractivity contribution in [1.82, 2.24) is 10.2 Å². The Balaban J connectivity index is 1.27. The molecule has 5 nitrogen and oxygen atoms in total. The maximum atomic E-state index is 13.8. The van der Waals surface area contributed by atoms with E-state index in [4.69, 9.17) is 4.42 Å². The van der Waals surface area contributed by atoms with Crippen molar-refractivity contribution in [2.75, 3.05) is 13.1 Å². The molecule has 2 amide bonds. The normalized spacial score (nSPS) is 22.9. The molecule has 1 saturated heterocycles. The largest absolute Gasteiger partial charge is 0.472 e. The predicted molar refractivity (Wildman–Crippen MR) is 93.0 cm³/mol. The van der Waals surface area contributed by atoms with Crippen LogP contribution in [-0.4, -0.2) is 35.8 Å². The van der Waals surface area contributed by atoms with Gasteiger partial charge in [0.25, 0.3) is 5.91 Å². The van der Waals surface area contributed by atoms with Gasteiger partial charge in [-0.2, -0.15) is 0 Å². The van der Waals surface area contributed by atoms with Gasteiger partial charge in [-0.1, -0.05) is 18.2 Å². The van der Waals surface area contributed by atoms with Gasteiger partial charge < -0.3 is 14.6 Å². The van der Waals surface area contributed by atoms with Crippen molar-refractivity contribution in [1.29, 1.82) is 0 Å². The number of carbonyl (C=O) groups is 2. The highest BCUT2D eigenvalue weighted by Gasteiger charge is 2.45. The van der Waals surface area contributed by atoms with Crippen molar-refractivity contribution in [3.8, 4) is 0 Å². The predicted octanol–water partition coefficient (Wildman–Crippen LogP) is 2.94. The van der Waals surface area contributed by atoms with Gasteiger partial charge in [-0.25, -0.2) is 4.39 Å². The SMILES string of the molecule is O=C(NC1CCN(C(=O)c2ccoc2)CC1)C1CC1c1ccccc1F. The second-order valence-electron chi connectivity index (χ2n) is 7.06. The van der Waals surface area contributed by atoms with E-state index in [1.54, 1.807) is 29.2 Å². The highest BCUT2D eigenvalue weighted by atomic mass is 19.1. The highest BCUT2D eigenvalue weighted by molar-refractivity contribution is 5.93. The van der Waals surface area contributed by atoms with Crippen LogP contribution in [0.1, 0.15) is 41.1 Å². The molecule has 1 saturated carbocycles. The Morgan fingerprint density at radius 2 is 1.92 bits per heavy atom. The van der Waals surface area contributed by atoms with Crippen LogP contribution >= 0.6 is 0 Å². The van der Waals surface area contributed by atoms with Crippen molar-refractivity contribution >= 4 is 11.8 Å². The third-order valence-electron chi connectivity index (χ3n) is 5.33. The van der Waals surface area contributed by atoms with Crippen LogP contribution in [0, 0.1) is 11.7 Å². The summed E-state index contributed by atoms with van der Waals surface area (Å²) in [7, 11) is 0. The van der Waals surface area contributed by atoms with Crippen molar-refractivity contribution in [3.63, 3.8) is 0 Å². The number of benzene rings is 1. The summed E-state index contributed by atoms with van der Waals surface area (Å²) in [4.78, 5) is 26.5. The molecule has 0 radical (unpaired) electrons. The van der Waals surface area contributed by atoms with E-state index in [1.807, 2.05) is 0 Å². The minimum absolute atomic E-state index is 0.00198. The first-order valence-corrected chi connectivity index (χ1v) is 9.00. The maximum absolute atomic E-state index is 13.8. The summed E-state index contributed by atoms with van der Waals surface area (Å²) in [6.45, 7) is 1.22. The van der Waals surface area contributed by atoms with Gasteiger partial charge in [0, 0.05) is 25.0 Å². The minimum atomic E-state index is -0.237. The summed E-state index contributed by atoms with van der Waals surface area (Å²) in [5.41, 5.74) is 1.19. The zero-order valence-electron chi connectivity index (χ0n) is 14.4. The van der Waals surface area contributed by atoms with Crippen LogP contribution in [0.2, 0.25) is 0 Å². The summed E-state index contributed by atoms with van der Waals surface area (Å²) in [5, 5.41) is 3.08. The van der Waals surface area contributed by atoms with E-state index < -0.39 is 0 Å². The number of carbonyl (C=O) groups excluding carboxylic acids is 2. The lowest BCUT2D eigenvalue weighted by atomic mass is 10.0. The Labute approximate surface area is 151 Å². The Morgan fingerprint density at radius 3 is 2.62 bits per heavy atom. The quantitative estimate of drug-likeness (QED) is 0.916. The number of hydrogen-bond donors (Lipinski definition) is 1. The molecule has 1 aliphatic carbocycles. The van der Waals surface area contributed by atoms with Gasteiger partial charge in [0.05, 0.1) is 11.8 Å². The lowest BCUT2D eigenvalue weighted by Gasteiger charge is -2.32. The number of likely N-dealkylation sites (tertiary alicyclic amines) is 1. The molecular formula is C20H21FN2O3. The summed E-state index contributed by atoms with van der Waals surface area (Å²) < 4.78 is 18.8. The monoisotopic (exact) mass is 356 g/mol. The lowest BCUT2D eigenvalue weighted by Crippen LogP contribution is -2.47. The van der Waals surface area contributed by atoms with Crippen LogP contribution in [0.4, 0.5) is 4.39 Å². The van der Waals surface area contributed by atoms with Crippen molar-refractivity contribution in [3.05, 3.63) is 59.8 Å². The number of piperidine rings is 1. The van der Waals surface area contributed by atoms with Crippen LogP contribution < -0.4 is 5.32 Å². The summed E-state index contributed by atoms with van der Waals surface area (Å²) in [6.07, 6.45) is 5.09. The van der Waals surface area contributed by atoms with E-state index >= 15 is 0 Å². The Hall–Kier alpha value is -2.63. The molecule has 2 aromatic rings. The van der Waals surface area contributed by atoms with Crippen LogP contribution in [0.15, 0.2) is 47.3 Å². The fourth-order valence-corrected chi connectivity index (χ4v) is 3.71. The number of furan rings is 1. The van der Waals surface area contributed by atoms with Gasteiger partial charge in [-0.3, -0.25) is 9.59 Å². The van der Waals surface area contributed by atoms with Gasteiger partial charge in [0.15, 0.2) is 0 Å². The second kappa shape index (κ2) is 6.94. The molecule has 136 valence electrons. The third kappa shape index (κ3) is 3.36. The average molecular weight is 356 g/mol. The molecule has 6 heteroatoms. The molecule has 2 heterocycles. The number of halogens is 1. The molecule has 0 spiro atoms. The first kappa shape index (κ1) is 16.8. The molecule has 4 rings (SSSR count). The molecule has 2 unspecified atom stereocenters. The standard InChI is InChI=1S/C20H21FN2O3/c21-18-4-2-1-3-15(18)16-11-17(16)19(24)22-14-5-8-23(9-6-14)20(25)13-7-10-26-12-13/h1-4,7,10,12,14,16-17H,5-6,8-9,11H2,(H,22,24). The van der Waals surface area contributed by atoms with Crippen molar-refractivity contribution < 1.29 is 18.4 Å². The fourth-order valence-electron chi connectivity index (χ4n) is 3.71. The Kier molecular flexibility index (Phi) is 4.49. The maximum Gasteiger partial charge on any atom is 0.257 e. The van der Waals surface area contributed by atoms with Gasteiger partial charge in [-0.05, 0) is 42.9 Å². The molecule has 0 bridgehead atoms. The molecule has 1 aromatic heterocycles. The van der Waals surface area contributed by atoms with Gasteiger partial charge in [0.1, 0.15) is 12.1 Å². The fraction of sp³-hybridized carbons (Fsp3) is 0.400. The zero-order chi connectivity index (χ0) is 18.1. The molecule has 26 heavy (non-hydrogen) atoms. The minimum Gasteiger partial charge on any atom is -0.472 e. The molecule has 1 N–H and O–H groups in total. The Bertz CT molecular complexity index is 797. The number of nitrogens with zero attached hydrogens (tertiary/aromatic N) is 1. The van der Waals surface area contributed by atoms with E-state index in [0.717, 1.165) is 12.8 Å². The lowest BCUT2D eigenvalue weighted by molar-refractivity contribution is -0.123. The molecule has 2 fully saturated rings. The first-order valence-electron chi connectivity index (χ1n) is 9.00. The highest BCUT2D eigenvalue weighted by Crippen LogP contribution is 2.48. The summed E-state index contributed by atoms with van der Waals surface area (Å²) in [5.74, 6) is -0.432.